The molecule has 1 N–H and O–H groups in total. The summed E-state index contributed by atoms with van der Waals surface area (Å²) in [5, 5.41) is 5.43. The van der Waals surface area contributed by atoms with Crippen molar-refractivity contribution in [3.05, 3.63) is 11.1 Å². The molecule has 2 saturated heterocycles. The van der Waals surface area contributed by atoms with Gasteiger partial charge in [0.25, 0.3) is 0 Å². The third kappa shape index (κ3) is 4.68. The largest absolute Gasteiger partial charge is 0.323 e. The second kappa shape index (κ2) is 7.63. The third-order valence-corrected chi connectivity index (χ3v) is 5.97. The topological polar surface area (TPSA) is 65.5 Å². The molecule has 0 radical (unpaired) electrons. The van der Waals surface area contributed by atoms with Crippen molar-refractivity contribution in [2.75, 3.05) is 36.6 Å². The zero-order valence-corrected chi connectivity index (χ0v) is 14.9. The van der Waals surface area contributed by atoms with Crippen LogP contribution in [0.15, 0.2) is 5.38 Å². The third-order valence-electron chi connectivity index (χ3n) is 4.22. The maximum absolute atomic E-state index is 12.0. The fourth-order valence-corrected chi connectivity index (χ4v) is 4.38. The molecular formula is C15H22N4O2S2. The molecule has 1 aromatic rings. The van der Waals surface area contributed by atoms with Crippen LogP contribution in [0, 0.1) is 5.92 Å². The van der Waals surface area contributed by atoms with E-state index in [0.717, 1.165) is 31.2 Å². The summed E-state index contributed by atoms with van der Waals surface area (Å²) in [6.07, 6.45) is 2.49. The van der Waals surface area contributed by atoms with E-state index >= 15 is 0 Å². The number of likely N-dealkylation sites (tertiary alicyclic amines) is 1. The summed E-state index contributed by atoms with van der Waals surface area (Å²) in [7, 11) is 0. The number of carbonyl (C=O) groups excluding carboxylic acids is 2. The van der Waals surface area contributed by atoms with Crippen LogP contribution < -0.4 is 5.32 Å². The minimum absolute atomic E-state index is 0.0318. The predicted molar refractivity (Wildman–Crippen MR) is 93.5 cm³/mol. The van der Waals surface area contributed by atoms with Gasteiger partial charge >= 0.3 is 0 Å². The highest BCUT2D eigenvalue weighted by atomic mass is 32.2. The average Bonchev–Trinajstić information content (AvgIpc) is 3.11. The van der Waals surface area contributed by atoms with Gasteiger partial charge < -0.3 is 10.2 Å². The van der Waals surface area contributed by atoms with Crippen molar-refractivity contribution in [1.29, 1.82) is 0 Å². The summed E-state index contributed by atoms with van der Waals surface area (Å²) < 4.78 is 0. The molecule has 0 aliphatic carbocycles. The van der Waals surface area contributed by atoms with Gasteiger partial charge in [0, 0.05) is 11.9 Å². The van der Waals surface area contributed by atoms with E-state index in [-0.39, 0.29) is 18.4 Å². The number of rotatable bonds is 5. The zero-order valence-electron chi connectivity index (χ0n) is 13.3. The van der Waals surface area contributed by atoms with E-state index in [1.165, 1.54) is 24.2 Å². The van der Waals surface area contributed by atoms with Gasteiger partial charge in [0.15, 0.2) is 5.13 Å². The van der Waals surface area contributed by atoms with Gasteiger partial charge in [0.05, 0.1) is 17.3 Å². The highest BCUT2D eigenvalue weighted by molar-refractivity contribution is 8.00. The Bertz CT molecular complexity index is 570. The Hall–Kier alpha value is -1.12. The fourth-order valence-electron chi connectivity index (χ4n) is 2.76. The lowest BCUT2D eigenvalue weighted by atomic mass is 9.99. The highest BCUT2D eigenvalue weighted by Crippen LogP contribution is 2.21. The lowest BCUT2D eigenvalue weighted by Crippen LogP contribution is -2.34. The summed E-state index contributed by atoms with van der Waals surface area (Å²) in [6, 6.07) is 0. The summed E-state index contributed by atoms with van der Waals surface area (Å²) in [4.78, 5) is 32.0. The zero-order chi connectivity index (χ0) is 16.2. The van der Waals surface area contributed by atoms with Gasteiger partial charge in [-0.1, -0.05) is 6.92 Å². The Morgan fingerprint density at radius 2 is 2.22 bits per heavy atom. The molecule has 0 saturated carbocycles. The number of thioether (sulfide) groups is 1. The maximum atomic E-state index is 12.0. The van der Waals surface area contributed by atoms with Gasteiger partial charge in [-0.05, 0) is 31.8 Å². The molecule has 2 fully saturated rings. The molecule has 2 amide bonds. The van der Waals surface area contributed by atoms with Crippen LogP contribution in [0.1, 0.15) is 25.5 Å². The average molecular weight is 355 g/mol. The van der Waals surface area contributed by atoms with E-state index in [0.29, 0.717) is 16.8 Å². The first-order chi connectivity index (χ1) is 11.1. The second-order valence-corrected chi connectivity index (χ2v) is 8.03. The van der Waals surface area contributed by atoms with Gasteiger partial charge in [-0.3, -0.25) is 14.5 Å². The van der Waals surface area contributed by atoms with Gasteiger partial charge in [0.2, 0.25) is 11.8 Å². The van der Waals surface area contributed by atoms with Gasteiger partial charge in [0.1, 0.15) is 6.54 Å². The molecule has 0 atom stereocenters. The smallest absolute Gasteiger partial charge is 0.245 e. The minimum Gasteiger partial charge on any atom is -0.323 e. The van der Waals surface area contributed by atoms with Crippen LogP contribution >= 0.6 is 23.1 Å². The van der Waals surface area contributed by atoms with Gasteiger partial charge in [-0.2, -0.15) is 0 Å². The Labute approximate surface area is 144 Å². The van der Waals surface area contributed by atoms with E-state index in [1.54, 1.807) is 16.7 Å². The maximum Gasteiger partial charge on any atom is 0.245 e. The lowest BCUT2D eigenvalue weighted by molar-refractivity contribution is -0.130. The standard InChI is InChI=1S/C15H22N4O2S2/c1-11-2-4-18(5-3-11)6-12-8-23-15(16-12)17-13(20)7-19-10-22-9-14(19)21/h8,11H,2-7,9-10H2,1H3,(H,16,17,20). The molecule has 8 heteroatoms. The molecular weight excluding hydrogens is 332 g/mol. The van der Waals surface area contributed by atoms with Gasteiger partial charge in [-0.15, -0.1) is 23.1 Å². The Balaban J connectivity index is 1.47. The first kappa shape index (κ1) is 16.7. The molecule has 1 aromatic heterocycles. The molecule has 3 rings (SSSR count). The number of anilines is 1. The number of piperidine rings is 1. The molecule has 126 valence electrons. The quantitative estimate of drug-likeness (QED) is 0.874. The summed E-state index contributed by atoms with van der Waals surface area (Å²) >= 11 is 2.99. The van der Waals surface area contributed by atoms with E-state index in [1.807, 2.05) is 5.38 Å². The highest BCUT2D eigenvalue weighted by Gasteiger charge is 2.23. The van der Waals surface area contributed by atoms with Crippen LogP contribution in [0.4, 0.5) is 5.13 Å². The Kier molecular flexibility index (Phi) is 5.55. The minimum atomic E-state index is -0.173. The molecule has 0 aromatic carbocycles. The lowest BCUT2D eigenvalue weighted by Gasteiger charge is -2.29. The van der Waals surface area contributed by atoms with E-state index in [9.17, 15) is 9.59 Å². The monoisotopic (exact) mass is 354 g/mol. The SMILES string of the molecule is CC1CCN(Cc2csc(NC(=O)CN3CSCC3=O)n2)CC1. The van der Waals surface area contributed by atoms with Crippen molar-refractivity contribution in [3.8, 4) is 0 Å². The van der Waals surface area contributed by atoms with Crippen molar-refractivity contribution >= 4 is 40.0 Å². The first-order valence-electron chi connectivity index (χ1n) is 7.92. The van der Waals surface area contributed by atoms with Gasteiger partial charge in [-0.25, -0.2) is 4.98 Å². The number of aromatic nitrogens is 1. The summed E-state index contributed by atoms with van der Waals surface area (Å²) in [6.45, 7) is 5.51. The van der Waals surface area contributed by atoms with Crippen LogP contribution in [0.25, 0.3) is 0 Å². The molecule has 6 nitrogen and oxygen atoms in total. The predicted octanol–water partition coefficient (Wildman–Crippen LogP) is 1.85. The van der Waals surface area contributed by atoms with Crippen molar-refractivity contribution in [3.63, 3.8) is 0 Å². The van der Waals surface area contributed by atoms with Crippen LogP contribution in [0.5, 0.6) is 0 Å². The van der Waals surface area contributed by atoms with Crippen LogP contribution in [-0.2, 0) is 16.1 Å². The normalized spacial score (nSPS) is 20.2. The Morgan fingerprint density at radius 3 is 2.91 bits per heavy atom. The molecule has 0 spiro atoms. The van der Waals surface area contributed by atoms with E-state index in [2.05, 4.69) is 22.1 Å². The molecule has 3 heterocycles. The van der Waals surface area contributed by atoms with Crippen LogP contribution in [0.3, 0.4) is 0 Å². The number of hydrogen-bond acceptors (Lipinski definition) is 6. The van der Waals surface area contributed by atoms with E-state index in [4.69, 9.17) is 0 Å². The molecule has 23 heavy (non-hydrogen) atoms. The summed E-state index contributed by atoms with van der Waals surface area (Å²) in [5.41, 5.74) is 1.01. The number of amides is 2. The molecule has 0 unspecified atom stereocenters. The molecule has 2 aliphatic heterocycles. The van der Waals surface area contributed by atoms with Crippen molar-refractivity contribution in [2.24, 2.45) is 5.92 Å². The van der Waals surface area contributed by atoms with Crippen LogP contribution in [0.2, 0.25) is 0 Å². The van der Waals surface area contributed by atoms with Crippen LogP contribution in [-0.4, -0.2) is 57.9 Å². The number of nitrogens with zero attached hydrogens (tertiary/aromatic N) is 3. The molecule has 2 aliphatic rings. The number of carbonyl (C=O) groups is 2. The molecule has 0 bridgehead atoms. The number of thiazole rings is 1. The fraction of sp³-hybridized carbons (Fsp3) is 0.667. The number of nitrogens with one attached hydrogen (secondary N) is 1. The van der Waals surface area contributed by atoms with Crippen molar-refractivity contribution in [1.82, 2.24) is 14.8 Å². The van der Waals surface area contributed by atoms with Crippen molar-refractivity contribution < 1.29 is 9.59 Å². The second-order valence-electron chi connectivity index (χ2n) is 6.22. The van der Waals surface area contributed by atoms with Crippen molar-refractivity contribution in [2.45, 2.75) is 26.3 Å². The first-order valence-corrected chi connectivity index (χ1v) is 9.95. The Morgan fingerprint density at radius 1 is 1.43 bits per heavy atom. The summed E-state index contributed by atoms with van der Waals surface area (Å²) in [5.74, 6) is 1.76. The van der Waals surface area contributed by atoms with E-state index < -0.39 is 0 Å². The number of hydrogen-bond donors (Lipinski definition) is 1.